The van der Waals surface area contributed by atoms with Crippen LogP contribution in [-0.2, 0) is 38.7 Å². The lowest BCUT2D eigenvalue weighted by atomic mass is 9.55. The zero-order valence-electron chi connectivity index (χ0n) is 17.7. The molecule has 5 aliphatic rings. The van der Waals surface area contributed by atoms with E-state index in [-0.39, 0.29) is 41.8 Å². The molecule has 0 aromatic heterocycles. The molecule has 5 fully saturated rings. The predicted octanol–water partition coefficient (Wildman–Crippen LogP) is 1.90. The molecule has 5 rings (SSSR count). The van der Waals surface area contributed by atoms with Crippen LogP contribution in [0.25, 0.3) is 0 Å². The van der Waals surface area contributed by atoms with E-state index in [4.69, 9.17) is 23.5 Å². The highest BCUT2D eigenvalue weighted by Crippen LogP contribution is 2.79. The summed E-state index contributed by atoms with van der Waals surface area (Å²) in [6.07, 6.45) is 1.49. The normalized spacial score (nSPS) is 43.6. The number of esters is 2. The summed E-state index contributed by atoms with van der Waals surface area (Å²) in [5.41, 5.74) is -1.06. The second kappa shape index (κ2) is 6.61. The Morgan fingerprint density at radius 1 is 1.22 bits per heavy atom. The quantitative estimate of drug-likeness (QED) is 0.448. The van der Waals surface area contributed by atoms with Crippen molar-refractivity contribution in [2.24, 2.45) is 28.6 Å². The van der Waals surface area contributed by atoms with E-state index in [2.05, 4.69) is 0 Å². The first kappa shape index (κ1) is 22.4. The zero-order chi connectivity index (χ0) is 23.3. The molecule has 0 amide bonds. The third-order valence-corrected chi connectivity index (χ3v) is 9.07. The number of fused-ring (bicyclic) bond motifs is 2. The Morgan fingerprint density at radius 3 is 2.56 bits per heavy atom. The molecule has 3 bridgehead atoms. The second-order valence-electron chi connectivity index (χ2n) is 10.5. The van der Waals surface area contributed by atoms with E-state index in [1.165, 1.54) is 0 Å². The van der Waals surface area contributed by atoms with E-state index < -0.39 is 38.6 Å². The third-order valence-electron chi connectivity index (χ3n) is 8.26. The summed E-state index contributed by atoms with van der Waals surface area (Å²) in [5, 5.41) is -5.03. The van der Waals surface area contributed by atoms with Crippen molar-refractivity contribution in [1.82, 2.24) is 0 Å². The Morgan fingerprint density at radius 2 is 1.94 bits per heavy atom. The smallest absolute Gasteiger partial charge is 0.462 e. The van der Waals surface area contributed by atoms with Crippen molar-refractivity contribution in [2.75, 3.05) is 13.2 Å². The number of rotatable bonds is 6. The molecule has 12 heteroatoms. The zero-order valence-corrected chi connectivity index (χ0v) is 18.5. The SMILES string of the molecule is CC1(C)OCC(COC(=O)C23CC4CC5(C2)C(CC5C4OC(=O)C(F)(F)S(=O)(=O)O)C3)O1. The van der Waals surface area contributed by atoms with E-state index in [0.717, 1.165) is 0 Å². The maximum atomic E-state index is 13.7. The Hall–Kier alpha value is -1.37. The monoisotopic (exact) mass is 480 g/mol. The highest BCUT2D eigenvalue weighted by Gasteiger charge is 2.77. The van der Waals surface area contributed by atoms with Crippen LogP contribution in [0.3, 0.4) is 0 Å². The van der Waals surface area contributed by atoms with E-state index in [1.807, 2.05) is 0 Å². The van der Waals surface area contributed by atoms with Gasteiger partial charge in [0.05, 0.1) is 12.0 Å². The van der Waals surface area contributed by atoms with Gasteiger partial charge in [-0.05, 0) is 63.2 Å². The molecule has 1 aliphatic heterocycles. The van der Waals surface area contributed by atoms with Crippen LogP contribution in [-0.4, -0.2) is 61.4 Å². The fourth-order valence-electron chi connectivity index (χ4n) is 7.17. The molecule has 4 aliphatic carbocycles. The fraction of sp³-hybridized carbons (Fsp3) is 0.900. The summed E-state index contributed by atoms with van der Waals surface area (Å²) in [6.45, 7) is 3.90. The predicted molar refractivity (Wildman–Crippen MR) is 101 cm³/mol. The van der Waals surface area contributed by atoms with Gasteiger partial charge in [-0.2, -0.15) is 17.2 Å². The molecule has 7 atom stereocenters. The van der Waals surface area contributed by atoms with Gasteiger partial charge >= 0.3 is 27.3 Å². The summed E-state index contributed by atoms with van der Waals surface area (Å²) >= 11 is 0. The van der Waals surface area contributed by atoms with Gasteiger partial charge in [0, 0.05) is 5.92 Å². The van der Waals surface area contributed by atoms with Gasteiger partial charge in [0.2, 0.25) is 0 Å². The highest BCUT2D eigenvalue weighted by atomic mass is 32.2. The van der Waals surface area contributed by atoms with Crippen molar-refractivity contribution in [3.63, 3.8) is 0 Å². The molecule has 0 radical (unpaired) electrons. The molecular weight excluding hydrogens is 454 g/mol. The van der Waals surface area contributed by atoms with Crippen molar-refractivity contribution in [3.8, 4) is 0 Å². The summed E-state index contributed by atoms with van der Waals surface area (Å²) in [4.78, 5) is 25.0. The van der Waals surface area contributed by atoms with Crippen LogP contribution in [0, 0.1) is 28.6 Å². The summed E-state index contributed by atoms with van der Waals surface area (Å²) in [7, 11) is -5.94. The molecule has 4 saturated carbocycles. The van der Waals surface area contributed by atoms with Crippen molar-refractivity contribution in [1.29, 1.82) is 0 Å². The van der Waals surface area contributed by atoms with Crippen LogP contribution in [0.4, 0.5) is 8.78 Å². The minimum Gasteiger partial charge on any atom is -0.462 e. The van der Waals surface area contributed by atoms with Crippen molar-refractivity contribution < 1.29 is 50.3 Å². The topological polar surface area (TPSA) is 125 Å². The number of carbonyl (C=O) groups is 2. The largest absolute Gasteiger partial charge is 0.465 e. The van der Waals surface area contributed by atoms with Crippen LogP contribution in [0.1, 0.15) is 46.0 Å². The van der Waals surface area contributed by atoms with Crippen molar-refractivity contribution in [3.05, 3.63) is 0 Å². The highest BCUT2D eigenvalue weighted by molar-refractivity contribution is 7.87. The molecule has 9 nitrogen and oxygen atoms in total. The van der Waals surface area contributed by atoms with Crippen LogP contribution in [0.15, 0.2) is 0 Å². The van der Waals surface area contributed by atoms with Gasteiger partial charge in [-0.3, -0.25) is 9.35 Å². The van der Waals surface area contributed by atoms with Crippen LogP contribution < -0.4 is 0 Å². The first-order chi connectivity index (χ1) is 14.7. The van der Waals surface area contributed by atoms with Crippen LogP contribution >= 0.6 is 0 Å². The molecule has 0 aromatic rings. The summed E-state index contributed by atoms with van der Waals surface area (Å²) in [6, 6.07) is 0. The molecule has 1 heterocycles. The van der Waals surface area contributed by atoms with Gasteiger partial charge in [-0.25, -0.2) is 4.79 Å². The minimum atomic E-state index is -5.94. The maximum absolute atomic E-state index is 13.7. The van der Waals surface area contributed by atoms with Crippen molar-refractivity contribution in [2.45, 2.75) is 69.2 Å². The molecule has 0 aromatic carbocycles. The van der Waals surface area contributed by atoms with Gasteiger partial charge < -0.3 is 18.9 Å². The van der Waals surface area contributed by atoms with E-state index in [9.17, 15) is 26.8 Å². The number of hydrogen-bond donors (Lipinski definition) is 1. The maximum Gasteiger partial charge on any atom is 0.465 e. The first-order valence-electron chi connectivity index (χ1n) is 10.7. The van der Waals surface area contributed by atoms with Gasteiger partial charge in [0.15, 0.2) is 5.79 Å². The Bertz CT molecular complexity index is 966. The molecule has 1 spiro atoms. The molecule has 1 saturated heterocycles. The van der Waals surface area contributed by atoms with Gasteiger partial charge in [-0.15, -0.1) is 0 Å². The number of alkyl halides is 2. The fourth-order valence-corrected chi connectivity index (χ4v) is 7.42. The lowest BCUT2D eigenvalue weighted by Gasteiger charge is -2.50. The second-order valence-corrected chi connectivity index (χ2v) is 12.0. The van der Waals surface area contributed by atoms with Crippen LogP contribution in [0.2, 0.25) is 0 Å². The van der Waals surface area contributed by atoms with Crippen molar-refractivity contribution >= 4 is 22.1 Å². The lowest BCUT2D eigenvalue weighted by molar-refractivity contribution is -0.177. The van der Waals surface area contributed by atoms with E-state index in [0.29, 0.717) is 38.7 Å². The average molecular weight is 480 g/mol. The number of carbonyl (C=O) groups excluding carboxylic acids is 2. The van der Waals surface area contributed by atoms with Gasteiger partial charge in [-0.1, -0.05) is 0 Å². The molecule has 1 N–H and O–H groups in total. The van der Waals surface area contributed by atoms with E-state index >= 15 is 0 Å². The van der Waals surface area contributed by atoms with Gasteiger partial charge in [0.25, 0.3) is 0 Å². The summed E-state index contributed by atoms with van der Waals surface area (Å²) < 4.78 is 79.7. The molecular formula is C20H26F2O9S. The van der Waals surface area contributed by atoms with E-state index in [1.54, 1.807) is 13.8 Å². The Kier molecular flexibility index (Phi) is 4.63. The first-order valence-corrected chi connectivity index (χ1v) is 12.2. The lowest BCUT2D eigenvalue weighted by Crippen LogP contribution is -2.48. The molecule has 180 valence electrons. The molecule has 7 unspecified atom stereocenters. The summed E-state index contributed by atoms with van der Waals surface area (Å²) in [5.74, 6) is -3.72. The number of hydrogen-bond acceptors (Lipinski definition) is 8. The molecule has 32 heavy (non-hydrogen) atoms. The van der Waals surface area contributed by atoms with Gasteiger partial charge in [0.1, 0.15) is 18.8 Å². The number of halogens is 2. The average Bonchev–Trinajstić information content (AvgIpc) is 3.17. The Balaban J connectivity index is 1.29. The third kappa shape index (κ3) is 3.05. The number of ether oxygens (including phenoxy) is 4. The minimum absolute atomic E-state index is 0.0504. The standard InChI is InChI=1S/C20H26F2O9S/c1-17(2)29-8-12(31-17)7-28-15(23)18-4-10-5-19(9-18)11(6-18)3-13(19)14(10)30-16(24)20(21,22)32(25,26)27/h10-14H,3-9H2,1-2H3,(H,25,26,27). The Labute approximate surface area is 183 Å². The van der Waals surface area contributed by atoms with Crippen LogP contribution in [0.5, 0.6) is 0 Å².